The Morgan fingerprint density at radius 2 is 2.07 bits per heavy atom. The third kappa shape index (κ3) is 3.35. The lowest BCUT2D eigenvalue weighted by Crippen LogP contribution is -2.26. The molecule has 4 heterocycles. The first-order valence-corrected chi connectivity index (χ1v) is 10.2. The number of anilines is 1. The summed E-state index contributed by atoms with van der Waals surface area (Å²) in [6.45, 7) is 0.463. The maximum absolute atomic E-state index is 12.1. The fourth-order valence-corrected chi connectivity index (χ4v) is 4.39. The van der Waals surface area contributed by atoms with E-state index in [2.05, 4.69) is 30.5 Å². The minimum Gasteiger partial charge on any atom is -0.382 e. The second-order valence-electron chi connectivity index (χ2n) is 6.71. The molecule has 5 aromatic rings. The number of carbonyl (C=O) groups excluding carboxylic acids is 1. The summed E-state index contributed by atoms with van der Waals surface area (Å²) in [5, 5.41) is 11.7. The van der Waals surface area contributed by atoms with Gasteiger partial charge in [0, 0.05) is 36.3 Å². The number of hydrogen-bond donors (Lipinski definition) is 3. The molecular weight excluding hydrogens is 398 g/mol. The van der Waals surface area contributed by atoms with E-state index in [4.69, 9.17) is 5.73 Å². The van der Waals surface area contributed by atoms with Crippen LogP contribution >= 0.6 is 11.3 Å². The van der Waals surface area contributed by atoms with Crippen LogP contribution < -0.4 is 11.1 Å². The molecule has 1 amide bonds. The van der Waals surface area contributed by atoms with E-state index in [-0.39, 0.29) is 5.91 Å². The predicted octanol–water partition coefficient (Wildman–Crippen LogP) is 3.18. The highest BCUT2D eigenvalue weighted by Gasteiger charge is 2.14. The molecule has 4 aromatic heterocycles. The van der Waals surface area contributed by atoms with Crippen LogP contribution in [0.5, 0.6) is 0 Å². The zero-order chi connectivity index (χ0) is 20.5. The van der Waals surface area contributed by atoms with Crippen molar-refractivity contribution in [2.75, 3.05) is 12.3 Å². The highest BCUT2D eigenvalue weighted by Crippen LogP contribution is 2.34. The maximum Gasteiger partial charge on any atom is 0.269 e. The molecule has 0 spiro atoms. The van der Waals surface area contributed by atoms with Crippen LogP contribution in [0.2, 0.25) is 0 Å². The molecule has 0 aliphatic heterocycles. The van der Waals surface area contributed by atoms with E-state index in [1.165, 1.54) is 0 Å². The van der Waals surface area contributed by atoms with Crippen LogP contribution in [0, 0.1) is 0 Å². The third-order valence-electron chi connectivity index (χ3n) is 4.73. The number of fused-ring (bicyclic) bond motifs is 3. The van der Waals surface area contributed by atoms with E-state index in [1.54, 1.807) is 41.9 Å². The molecule has 9 heteroatoms. The van der Waals surface area contributed by atoms with Crippen molar-refractivity contribution in [3.63, 3.8) is 0 Å². The largest absolute Gasteiger partial charge is 0.382 e. The van der Waals surface area contributed by atoms with E-state index in [0.717, 1.165) is 31.9 Å². The normalized spacial score (nSPS) is 11.2. The molecule has 0 bridgehead atoms. The fourth-order valence-electron chi connectivity index (χ4n) is 3.28. The molecular formula is C21H17N7OS. The van der Waals surface area contributed by atoms with Gasteiger partial charge in [-0.1, -0.05) is 18.2 Å². The number of aromatic nitrogens is 5. The van der Waals surface area contributed by atoms with Crippen molar-refractivity contribution in [2.45, 2.75) is 6.42 Å². The van der Waals surface area contributed by atoms with Gasteiger partial charge in [0.25, 0.3) is 5.91 Å². The standard InChI is InChI=1S/C21H17N7OS/c22-20-18-19(13-5-4-12(11-16(13)26-20)14-6-10-25-28-14)30-17(27-18)7-9-24-21(29)15-3-1-2-8-23-15/h1-6,8,10-11H,7,9H2,(H2,22,26)(H,24,29)(H,25,28). The Bertz CT molecular complexity index is 1350. The van der Waals surface area contributed by atoms with E-state index >= 15 is 0 Å². The zero-order valence-corrected chi connectivity index (χ0v) is 16.6. The van der Waals surface area contributed by atoms with Crippen molar-refractivity contribution < 1.29 is 4.79 Å². The van der Waals surface area contributed by atoms with Gasteiger partial charge in [-0.05, 0) is 24.3 Å². The second-order valence-corrected chi connectivity index (χ2v) is 7.79. The molecule has 5 rings (SSSR count). The Labute approximate surface area is 175 Å². The number of amides is 1. The van der Waals surface area contributed by atoms with Crippen molar-refractivity contribution in [3.8, 4) is 11.3 Å². The number of nitrogens with zero attached hydrogens (tertiary/aromatic N) is 4. The number of nitrogens with two attached hydrogens (primary N) is 1. The first-order chi connectivity index (χ1) is 14.7. The number of thiazole rings is 1. The summed E-state index contributed by atoms with van der Waals surface area (Å²) in [5.74, 6) is 0.203. The van der Waals surface area contributed by atoms with Crippen LogP contribution in [-0.2, 0) is 6.42 Å². The molecule has 0 atom stereocenters. The number of H-pyrrole nitrogens is 1. The Hall–Kier alpha value is -3.85. The first kappa shape index (κ1) is 18.2. The van der Waals surface area contributed by atoms with Gasteiger partial charge in [-0.25, -0.2) is 9.97 Å². The first-order valence-electron chi connectivity index (χ1n) is 9.36. The van der Waals surface area contributed by atoms with Gasteiger partial charge in [0.1, 0.15) is 11.2 Å². The number of nitrogens with one attached hydrogen (secondary N) is 2. The smallest absolute Gasteiger partial charge is 0.269 e. The van der Waals surface area contributed by atoms with Crippen LogP contribution in [0.4, 0.5) is 5.82 Å². The molecule has 148 valence electrons. The topological polar surface area (TPSA) is 122 Å². The van der Waals surface area contributed by atoms with E-state index < -0.39 is 0 Å². The van der Waals surface area contributed by atoms with Gasteiger partial charge in [0.15, 0.2) is 5.82 Å². The summed E-state index contributed by atoms with van der Waals surface area (Å²) < 4.78 is 1.000. The molecule has 0 saturated heterocycles. The van der Waals surface area contributed by atoms with Crippen molar-refractivity contribution in [2.24, 2.45) is 0 Å². The van der Waals surface area contributed by atoms with Crippen LogP contribution in [0.25, 0.3) is 32.4 Å². The Morgan fingerprint density at radius 3 is 2.87 bits per heavy atom. The zero-order valence-electron chi connectivity index (χ0n) is 15.8. The number of aromatic amines is 1. The highest BCUT2D eigenvalue weighted by atomic mass is 32.1. The van der Waals surface area contributed by atoms with Gasteiger partial charge in [0.2, 0.25) is 0 Å². The number of benzene rings is 1. The molecule has 1 aromatic carbocycles. The number of carbonyl (C=O) groups is 1. The summed E-state index contributed by atoms with van der Waals surface area (Å²) >= 11 is 1.57. The van der Waals surface area contributed by atoms with Crippen LogP contribution in [-0.4, -0.2) is 37.6 Å². The lowest BCUT2D eigenvalue weighted by molar-refractivity contribution is 0.0949. The molecule has 0 radical (unpaired) electrons. The van der Waals surface area contributed by atoms with Gasteiger partial charge in [-0.15, -0.1) is 11.3 Å². The molecule has 4 N–H and O–H groups in total. The molecule has 0 aliphatic carbocycles. The Balaban J connectivity index is 1.40. The minimum absolute atomic E-state index is 0.199. The molecule has 0 aliphatic rings. The summed E-state index contributed by atoms with van der Waals surface area (Å²) in [6, 6.07) is 13.2. The number of rotatable bonds is 5. The molecule has 0 fully saturated rings. The number of pyridine rings is 2. The van der Waals surface area contributed by atoms with Gasteiger partial charge in [-0.2, -0.15) is 5.10 Å². The predicted molar refractivity (Wildman–Crippen MR) is 117 cm³/mol. The van der Waals surface area contributed by atoms with Crippen molar-refractivity contribution >= 4 is 44.2 Å². The SMILES string of the molecule is Nc1nc2cc(-c3ccn[nH]3)ccc2c2sc(CCNC(=O)c3ccccn3)nc12. The van der Waals surface area contributed by atoms with Crippen LogP contribution in [0.1, 0.15) is 15.5 Å². The molecule has 8 nitrogen and oxygen atoms in total. The minimum atomic E-state index is -0.199. The molecule has 0 saturated carbocycles. The van der Waals surface area contributed by atoms with Gasteiger partial charge < -0.3 is 11.1 Å². The van der Waals surface area contributed by atoms with Gasteiger partial charge in [0.05, 0.1) is 20.9 Å². The van der Waals surface area contributed by atoms with E-state index in [0.29, 0.717) is 30.0 Å². The molecule has 0 unspecified atom stereocenters. The number of hydrogen-bond acceptors (Lipinski definition) is 7. The lowest BCUT2D eigenvalue weighted by Gasteiger charge is -2.03. The quantitative estimate of drug-likeness (QED) is 0.405. The van der Waals surface area contributed by atoms with Crippen molar-refractivity contribution in [3.05, 3.63) is 65.6 Å². The summed E-state index contributed by atoms with van der Waals surface area (Å²) in [4.78, 5) is 25.4. The summed E-state index contributed by atoms with van der Waals surface area (Å²) in [5.41, 5.74) is 10.0. The Kier molecular flexibility index (Phi) is 4.56. The lowest BCUT2D eigenvalue weighted by atomic mass is 10.1. The van der Waals surface area contributed by atoms with E-state index in [1.807, 2.05) is 24.3 Å². The second kappa shape index (κ2) is 7.53. The highest BCUT2D eigenvalue weighted by molar-refractivity contribution is 7.19. The summed E-state index contributed by atoms with van der Waals surface area (Å²) in [6.07, 6.45) is 3.92. The van der Waals surface area contributed by atoms with Crippen molar-refractivity contribution in [1.82, 2.24) is 30.5 Å². The average molecular weight is 415 g/mol. The van der Waals surface area contributed by atoms with E-state index in [9.17, 15) is 4.79 Å². The maximum atomic E-state index is 12.1. The molecule has 30 heavy (non-hydrogen) atoms. The number of nitrogen functional groups attached to an aromatic ring is 1. The average Bonchev–Trinajstić information content (AvgIpc) is 3.45. The monoisotopic (exact) mass is 415 g/mol. The third-order valence-corrected chi connectivity index (χ3v) is 5.88. The fraction of sp³-hybridized carbons (Fsp3) is 0.0952. The van der Waals surface area contributed by atoms with Gasteiger partial charge in [-0.3, -0.25) is 14.9 Å². The van der Waals surface area contributed by atoms with Gasteiger partial charge >= 0.3 is 0 Å². The summed E-state index contributed by atoms with van der Waals surface area (Å²) in [7, 11) is 0. The Morgan fingerprint density at radius 1 is 1.13 bits per heavy atom. The van der Waals surface area contributed by atoms with Crippen LogP contribution in [0.15, 0.2) is 54.9 Å². The van der Waals surface area contributed by atoms with Crippen molar-refractivity contribution in [1.29, 1.82) is 0 Å². The van der Waals surface area contributed by atoms with Crippen LogP contribution in [0.3, 0.4) is 0 Å².